The lowest BCUT2D eigenvalue weighted by atomic mass is 10.0. The van der Waals surface area contributed by atoms with Crippen molar-refractivity contribution in [3.05, 3.63) is 29.8 Å². The van der Waals surface area contributed by atoms with Gasteiger partial charge in [-0.1, -0.05) is 12.1 Å². The van der Waals surface area contributed by atoms with Gasteiger partial charge < -0.3 is 10.2 Å². The van der Waals surface area contributed by atoms with E-state index in [0.29, 0.717) is 0 Å². The minimum atomic E-state index is 0.163. The molecule has 3 nitrogen and oxygen atoms in total. The summed E-state index contributed by atoms with van der Waals surface area (Å²) in [5.74, 6) is 0.370. The van der Waals surface area contributed by atoms with E-state index in [9.17, 15) is 4.79 Å². The highest BCUT2D eigenvalue weighted by molar-refractivity contribution is 5.95. The lowest BCUT2D eigenvalue weighted by Gasteiger charge is -2.30. The van der Waals surface area contributed by atoms with Gasteiger partial charge in [0.2, 0.25) is 5.91 Å². The Morgan fingerprint density at radius 1 is 1.47 bits per heavy atom. The summed E-state index contributed by atoms with van der Waals surface area (Å²) in [4.78, 5) is 13.7. The first-order valence-electron chi connectivity index (χ1n) is 5.23. The molecule has 80 valence electrons. The molecule has 0 aliphatic carbocycles. The second kappa shape index (κ2) is 4.03. The van der Waals surface area contributed by atoms with Crippen molar-refractivity contribution in [1.29, 1.82) is 0 Å². The van der Waals surface area contributed by atoms with Gasteiger partial charge in [-0.3, -0.25) is 4.79 Å². The van der Waals surface area contributed by atoms with Crippen LogP contribution in [0, 0.1) is 12.8 Å². The zero-order valence-electron chi connectivity index (χ0n) is 9.16. The molecule has 1 aliphatic rings. The summed E-state index contributed by atoms with van der Waals surface area (Å²) in [6.45, 7) is 3.66. The zero-order valence-corrected chi connectivity index (χ0v) is 9.16. The standard InChI is InChI=1S/C12H16N2O/c1-9-4-3-5-11(6-9)14(2)12(15)10-7-13-8-10/h3-6,10,13H,7-8H2,1-2H3. The van der Waals surface area contributed by atoms with E-state index in [1.54, 1.807) is 4.90 Å². The lowest BCUT2D eigenvalue weighted by Crippen LogP contribution is -2.51. The van der Waals surface area contributed by atoms with E-state index >= 15 is 0 Å². The van der Waals surface area contributed by atoms with Crippen LogP contribution in [0.25, 0.3) is 0 Å². The van der Waals surface area contributed by atoms with Gasteiger partial charge in [0, 0.05) is 25.8 Å². The van der Waals surface area contributed by atoms with Crippen molar-refractivity contribution in [2.24, 2.45) is 5.92 Å². The number of hydrogen-bond acceptors (Lipinski definition) is 2. The van der Waals surface area contributed by atoms with Crippen molar-refractivity contribution in [3.63, 3.8) is 0 Å². The van der Waals surface area contributed by atoms with Crippen LogP contribution in [0.2, 0.25) is 0 Å². The van der Waals surface area contributed by atoms with Crippen molar-refractivity contribution < 1.29 is 4.79 Å². The summed E-state index contributed by atoms with van der Waals surface area (Å²) in [7, 11) is 1.84. The molecule has 1 heterocycles. The Hall–Kier alpha value is -1.35. The zero-order chi connectivity index (χ0) is 10.8. The maximum absolute atomic E-state index is 11.9. The molecule has 0 unspecified atom stereocenters. The molecular weight excluding hydrogens is 188 g/mol. The molecule has 0 bridgehead atoms. The molecule has 2 rings (SSSR count). The minimum Gasteiger partial charge on any atom is -0.315 e. The third-order valence-corrected chi connectivity index (χ3v) is 2.85. The average molecular weight is 204 g/mol. The van der Waals surface area contributed by atoms with Crippen LogP contribution in [-0.4, -0.2) is 26.0 Å². The molecule has 1 aromatic carbocycles. The number of nitrogens with one attached hydrogen (secondary N) is 1. The van der Waals surface area contributed by atoms with Crippen molar-refractivity contribution in [2.45, 2.75) is 6.92 Å². The Labute approximate surface area is 90.1 Å². The molecule has 0 spiro atoms. The Balaban J connectivity index is 2.12. The van der Waals surface area contributed by atoms with E-state index in [1.165, 1.54) is 5.56 Å². The lowest BCUT2D eigenvalue weighted by molar-refractivity contribution is -0.123. The maximum atomic E-state index is 11.9. The van der Waals surface area contributed by atoms with Gasteiger partial charge in [0.1, 0.15) is 0 Å². The van der Waals surface area contributed by atoms with E-state index < -0.39 is 0 Å². The van der Waals surface area contributed by atoms with Gasteiger partial charge in [0.25, 0.3) is 0 Å². The SMILES string of the molecule is Cc1cccc(N(C)C(=O)C2CNC2)c1. The number of anilines is 1. The average Bonchev–Trinajstić information content (AvgIpc) is 2.14. The van der Waals surface area contributed by atoms with Crippen LogP contribution in [0.15, 0.2) is 24.3 Å². The molecule has 1 amide bonds. The van der Waals surface area contributed by atoms with Crippen LogP contribution in [-0.2, 0) is 4.79 Å². The fourth-order valence-electron chi connectivity index (χ4n) is 1.70. The fourth-order valence-corrected chi connectivity index (χ4v) is 1.70. The second-order valence-electron chi connectivity index (χ2n) is 4.09. The topological polar surface area (TPSA) is 32.3 Å². The Bertz CT molecular complexity index is 372. The Kier molecular flexibility index (Phi) is 2.73. The summed E-state index contributed by atoms with van der Waals surface area (Å²) in [6, 6.07) is 8.02. The normalized spacial score (nSPS) is 15.9. The van der Waals surface area contributed by atoms with Gasteiger partial charge in [-0.15, -0.1) is 0 Å². The summed E-state index contributed by atoms with van der Waals surface area (Å²) in [5.41, 5.74) is 2.16. The van der Waals surface area contributed by atoms with E-state index in [1.807, 2.05) is 38.2 Å². The molecule has 1 N–H and O–H groups in total. The van der Waals surface area contributed by atoms with E-state index in [0.717, 1.165) is 18.8 Å². The minimum absolute atomic E-state index is 0.163. The van der Waals surface area contributed by atoms with Crippen LogP contribution in [0.5, 0.6) is 0 Å². The highest BCUT2D eigenvalue weighted by atomic mass is 16.2. The molecule has 0 aromatic heterocycles. The van der Waals surface area contributed by atoms with Crippen LogP contribution in [0.1, 0.15) is 5.56 Å². The van der Waals surface area contributed by atoms with Crippen molar-refractivity contribution >= 4 is 11.6 Å². The van der Waals surface area contributed by atoms with Gasteiger partial charge >= 0.3 is 0 Å². The predicted molar refractivity (Wildman–Crippen MR) is 60.9 cm³/mol. The highest BCUT2D eigenvalue weighted by Crippen LogP contribution is 2.17. The molecule has 1 aromatic rings. The van der Waals surface area contributed by atoms with Crippen molar-refractivity contribution in [2.75, 3.05) is 25.0 Å². The van der Waals surface area contributed by atoms with Crippen LogP contribution >= 0.6 is 0 Å². The van der Waals surface area contributed by atoms with Crippen LogP contribution in [0.4, 0.5) is 5.69 Å². The number of aryl methyl sites for hydroxylation is 1. The molecule has 15 heavy (non-hydrogen) atoms. The summed E-state index contributed by atoms with van der Waals surface area (Å²) in [5, 5.41) is 3.11. The summed E-state index contributed by atoms with van der Waals surface area (Å²) < 4.78 is 0. The number of amides is 1. The van der Waals surface area contributed by atoms with Crippen LogP contribution < -0.4 is 10.2 Å². The van der Waals surface area contributed by atoms with E-state index in [2.05, 4.69) is 5.32 Å². The van der Waals surface area contributed by atoms with Gasteiger partial charge in [0.15, 0.2) is 0 Å². The number of hydrogen-bond donors (Lipinski definition) is 1. The predicted octanol–water partition coefficient (Wildman–Crippen LogP) is 1.18. The number of benzene rings is 1. The summed E-state index contributed by atoms with van der Waals surface area (Å²) >= 11 is 0. The van der Waals surface area contributed by atoms with E-state index in [-0.39, 0.29) is 11.8 Å². The Morgan fingerprint density at radius 2 is 2.20 bits per heavy atom. The first-order valence-corrected chi connectivity index (χ1v) is 5.23. The van der Waals surface area contributed by atoms with Gasteiger partial charge in [-0.2, -0.15) is 0 Å². The number of rotatable bonds is 2. The number of carbonyl (C=O) groups excluding carboxylic acids is 1. The van der Waals surface area contributed by atoms with Gasteiger partial charge in [0.05, 0.1) is 5.92 Å². The van der Waals surface area contributed by atoms with Crippen LogP contribution in [0.3, 0.4) is 0 Å². The third-order valence-electron chi connectivity index (χ3n) is 2.85. The molecule has 3 heteroatoms. The molecule has 1 fully saturated rings. The largest absolute Gasteiger partial charge is 0.315 e. The Morgan fingerprint density at radius 3 is 2.73 bits per heavy atom. The van der Waals surface area contributed by atoms with Gasteiger partial charge in [-0.25, -0.2) is 0 Å². The fraction of sp³-hybridized carbons (Fsp3) is 0.417. The molecule has 0 radical (unpaired) electrons. The number of carbonyl (C=O) groups is 1. The third kappa shape index (κ3) is 2.02. The monoisotopic (exact) mass is 204 g/mol. The second-order valence-corrected chi connectivity index (χ2v) is 4.09. The molecular formula is C12H16N2O. The summed E-state index contributed by atoms with van der Waals surface area (Å²) in [6.07, 6.45) is 0. The quantitative estimate of drug-likeness (QED) is 0.784. The van der Waals surface area contributed by atoms with E-state index in [4.69, 9.17) is 0 Å². The smallest absolute Gasteiger partial charge is 0.232 e. The molecule has 0 saturated carbocycles. The molecule has 0 atom stereocenters. The highest BCUT2D eigenvalue weighted by Gasteiger charge is 2.27. The molecule has 1 saturated heterocycles. The van der Waals surface area contributed by atoms with Crippen molar-refractivity contribution in [1.82, 2.24) is 5.32 Å². The van der Waals surface area contributed by atoms with Crippen molar-refractivity contribution in [3.8, 4) is 0 Å². The molecule has 1 aliphatic heterocycles. The first kappa shape index (κ1) is 10.2. The van der Waals surface area contributed by atoms with Gasteiger partial charge in [-0.05, 0) is 24.6 Å². The first-order chi connectivity index (χ1) is 7.18. The number of nitrogens with zero attached hydrogens (tertiary/aromatic N) is 1. The maximum Gasteiger partial charge on any atom is 0.232 e.